The lowest BCUT2D eigenvalue weighted by molar-refractivity contribution is -0.142. The third-order valence-electron chi connectivity index (χ3n) is 6.01. The van der Waals surface area contributed by atoms with Crippen molar-refractivity contribution in [3.63, 3.8) is 0 Å². The summed E-state index contributed by atoms with van der Waals surface area (Å²) in [5, 5.41) is 4.47. The molecule has 144 valence electrons. The fraction of sp³-hybridized carbons (Fsp3) is 0.750. The van der Waals surface area contributed by atoms with Crippen molar-refractivity contribution >= 4 is 11.8 Å². The van der Waals surface area contributed by atoms with E-state index in [4.69, 9.17) is 0 Å². The zero-order chi connectivity index (χ0) is 18.7. The molecule has 0 aliphatic carbocycles. The number of likely N-dealkylation sites (tertiary alicyclic amines) is 2. The Hall–Kier alpha value is -1.85. The molecule has 2 amide bonds. The summed E-state index contributed by atoms with van der Waals surface area (Å²) in [6.45, 7) is 10.2. The van der Waals surface area contributed by atoms with Crippen LogP contribution in [0.1, 0.15) is 56.8 Å². The number of nitrogens with zero attached hydrogens (tertiary/aromatic N) is 4. The number of hydrogen-bond donors (Lipinski definition) is 0. The molecule has 0 unspecified atom stereocenters. The highest BCUT2D eigenvalue weighted by Gasteiger charge is 2.42. The summed E-state index contributed by atoms with van der Waals surface area (Å²) >= 11 is 0. The minimum absolute atomic E-state index is 0.119. The fourth-order valence-corrected chi connectivity index (χ4v) is 4.58. The van der Waals surface area contributed by atoms with E-state index in [1.165, 1.54) is 0 Å². The Labute approximate surface area is 156 Å². The number of carbonyl (C=O) groups is 2. The summed E-state index contributed by atoms with van der Waals surface area (Å²) in [6.07, 6.45) is 5.14. The van der Waals surface area contributed by atoms with Gasteiger partial charge in [-0.1, -0.05) is 0 Å². The van der Waals surface area contributed by atoms with Gasteiger partial charge in [0.05, 0.1) is 5.69 Å². The summed E-state index contributed by atoms with van der Waals surface area (Å²) in [5.74, 6) is 0.525. The largest absolute Gasteiger partial charge is 0.342 e. The van der Waals surface area contributed by atoms with Crippen molar-refractivity contribution in [3.8, 4) is 0 Å². The van der Waals surface area contributed by atoms with Gasteiger partial charge in [0.1, 0.15) is 0 Å². The van der Waals surface area contributed by atoms with Crippen LogP contribution in [0.4, 0.5) is 0 Å². The van der Waals surface area contributed by atoms with Crippen LogP contribution < -0.4 is 0 Å². The normalized spacial score (nSPS) is 23.7. The van der Waals surface area contributed by atoms with E-state index in [-0.39, 0.29) is 17.2 Å². The third kappa shape index (κ3) is 4.10. The summed E-state index contributed by atoms with van der Waals surface area (Å²) in [7, 11) is 0. The molecule has 3 rings (SSSR count). The van der Waals surface area contributed by atoms with Gasteiger partial charge in [-0.25, -0.2) is 0 Å². The molecule has 1 aromatic heterocycles. The zero-order valence-corrected chi connectivity index (χ0v) is 16.5. The summed E-state index contributed by atoms with van der Waals surface area (Å²) in [4.78, 5) is 28.8. The van der Waals surface area contributed by atoms with Crippen LogP contribution >= 0.6 is 0 Å². The monoisotopic (exact) mass is 360 g/mol. The topological polar surface area (TPSA) is 58.4 Å². The molecular formula is C20H32N4O2. The number of aromatic nitrogens is 2. The van der Waals surface area contributed by atoms with Crippen LogP contribution in [0.2, 0.25) is 0 Å². The average Bonchev–Trinajstić information content (AvgIpc) is 2.95. The maximum atomic E-state index is 12.7. The predicted octanol–water partition coefficient (Wildman–Crippen LogP) is 2.53. The number of piperidine rings is 2. The highest BCUT2D eigenvalue weighted by atomic mass is 16.2. The number of carbonyl (C=O) groups excluding carboxylic acids is 2. The van der Waals surface area contributed by atoms with Crippen LogP contribution in [0.15, 0.2) is 6.07 Å². The zero-order valence-electron chi connectivity index (χ0n) is 16.5. The van der Waals surface area contributed by atoms with Gasteiger partial charge in [0.15, 0.2) is 0 Å². The molecule has 0 aromatic carbocycles. The van der Waals surface area contributed by atoms with Crippen LogP contribution in [0.5, 0.6) is 0 Å². The maximum Gasteiger partial charge on any atom is 0.222 e. The van der Waals surface area contributed by atoms with E-state index in [9.17, 15) is 9.59 Å². The van der Waals surface area contributed by atoms with Crippen LogP contribution in [-0.4, -0.2) is 57.6 Å². The van der Waals surface area contributed by atoms with E-state index in [1.54, 1.807) is 0 Å². The first-order valence-electron chi connectivity index (χ1n) is 9.99. The minimum Gasteiger partial charge on any atom is -0.342 e. The van der Waals surface area contributed by atoms with Gasteiger partial charge in [0.25, 0.3) is 0 Å². The van der Waals surface area contributed by atoms with E-state index in [2.05, 4.69) is 18.1 Å². The Balaban J connectivity index is 1.53. The highest BCUT2D eigenvalue weighted by Crippen LogP contribution is 2.39. The second kappa shape index (κ2) is 7.80. The van der Waals surface area contributed by atoms with Gasteiger partial charge in [0, 0.05) is 56.7 Å². The van der Waals surface area contributed by atoms with E-state index < -0.39 is 0 Å². The second-order valence-corrected chi connectivity index (χ2v) is 8.08. The SMILES string of the molecule is CCN1C[C@]2(CCCN(C(=O)CCCn3nc(C)cc3C)C2)CCC1=O. The number of rotatable bonds is 5. The fourth-order valence-electron chi connectivity index (χ4n) is 4.58. The van der Waals surface area contributed by atoms with Gasteiger partial charge in [-0.2, -0.15) is 5.10 Å². The number of hydrogen-bond acceptors (Lipinski definition) is 3. The van der Waals surface area contributed by atoms with Gasteiger partial charge < -0.3 is 9.80 Å². The molecule has 1 atom stereocenters. The minimum atomic E-state index is 0.119. The first kappa shape index (κ1) is 18.9. The molecule has 2 aliphatic rings. The Morgan fingerprint density at radius 3 is 2.77 bits per heavy atom. The van der Waals surface area contributed by atoms with Gasteiger partial charge in [0.2, 0.25) is 11.8 Å². The van der Waals surface area contributed by atoms with Crippen LogP contribution in [0.3, 0.4) is 0 Å². The predicted molar refractivity (Wildman–Crippen MR) is 101 cm³/mol. The molecular weight excluding hydrogens is 328 g/mol. The standard InChI is InChI=1S/C20H32N4O2/c1-4-22-14-20(10-8-19(22)26)9-6-11-23(15-20)18(25)7-5-12-24-17(3)13-16(2)21-24/h13H,4-12,14-15H2,1-3H3/t20-/m0/s1. The molecule has 1 aromatic rings. The van der Waals surface area contributed by atoms with Gasteiger partial charge in [-0.3, -0.25) is 14.3 Å². The van der Waals surface area contributed by atoms with E-state index in [0.717, 1.165) is 69.8 Å². The molecule has 0 N–H and O–H groups in total. The molecule has 2 fully saturated rings. The number of aryl methyl sites for hydroxylation is 3. The van der Waals surface area contributed by atoms with Crippen LogP contribution in [0, 0.1) is 19.3 Å². The Kier molecular flexibility index (Phi) is 5.68. The molecule has 2 saturated heterocycles. The van der Waals surface area contributed by atoms with Crippen molar-refractivity contribution in [2.45, 2.75) is 65.8 Å². The Bertz CT molecular complexity index is 669. The van der Waals surface area contributed by atoms with Crippen molar-refractivity contribution in [2.24, 2.45) is 5.41 Å². The first-order valence-corrected chi connectivity index (χ1v) is 9.99. The molecule has 6 nitrogen and oxygen atoms in total. The molecule has 26 heavy (non-hydrogen) atoms. The van der Waals surface area contributed by atoms with Crippen molar-refractivity contribution in [1.82, 2.24) is 19.6 Å². The maximum absolute atomic E-state index is 12.7. The first-order chi connectivity index (χ1) is 12.4. The molecule has 0 bridgehead atoms. The van der Waals surface area contributed by atoms with Gasteiger partial charge in [-0.15, -0.1) is 0 Å². The lowest BCUT2D eigenvalue weighted by atomic mass is 9.73. The van der Waals surface area contributed by atoms with E-state index >= 15 is 0 Å². The smallest absolute Gasteiger partial charge is 0.222 e. The molecule has 0 saturated carbocycles. The van der Waals surface area contributed by atoms with Crippen molar-refractivity contribution in [1.29, 1.82) is 0 Å². The molecule has 2 aliphatic heterocycles. The summed E-state index contributed by atoms with van der Waals surface area (Å²) in [6, 6.07) is 2.07. The Morgan fingerprint density at radius 1 is 1.27 bits per heavy atom. The van der Waals surface area contributed by atoms with Crippen molar-refractivity contribution < 1.29 is 9.59 Å². The van der Waals surface area contributed by atoms with Crippen molar-refractivity contribution in [3.05, 3.63) is 17.5 Å². The second-order valence-electron chi connectivity index (χ2n) is 8.08. The van der Waals surface area contributed by atoms with E-state index in [1.807, 2.05) is 28.3 Å². The van der Waals surface area contributed by atoms with E-state index in [0.29, 0.717) is 12.8 Å². The summed E-state index contributed by atoms with van der Waals surface area (Å²) < 4.78 is 1.99. The molecule has 1 spiro atoms. The highest BCUT2D eigenvalue weighted by molar-refractivity contribution is 5.78. The average molecular weight is 361 g/mol. The Morgan fingerprint density at radius 2 is 2.08 bits per heavy atom. The lowest BCUT2D eigenvalue weighted by Gasteiger charge is -2.48. The van der Waals surface area contributed by atoms with Crippen LogP contribution in [0.25, 0.3) is 0 Å². The quantitative estimate of drug-likeness (QED) is 0.811. The summed E-state index contributed by atoms with van der Waals surface area (Å²) in [5.41, 5.74) is 2.30. The van der Waals surface area contributed by atoms with Crippen molar-refractivity contribution in [2.75, 3.05) is 26.2 Å². The molecule has 3 heterocycles. The molecule has 6 heteroatoms. The third-order valence-corrected chi connectivity index (χ3v) is 6.01. The lowest BCUT2D eigenvalue weighted by Crippen LogP contribution is -2.55. The van der Waals surface area contributed by atoms with Gasteiger partial charge >= 0.3 is 0 Å². The number of amides is 2. The van der Waals surface area contributed by atoms with Crippen LogP contribution in [-0.2, 0) is 16.1 Å². The molecule has 0 radical (unpaired) electrons. The van der Waals surface area contributed by atoms with Gasteiger partial charge in [-0.05, 0) is 52.5 Å².